The fraction of sp³-hybridized carbons (Fsp3) is 0.441. The molecule has 4 heterocycles. The summed E-state index contributed by atoms with van der Waals surface area (Å²) in [5.74, 6) is 2.52. The van der Waals surface area contributed by atoms with Crippen LogP contribution in [0.5, 0.6) is 5.75 Å². The third kappa shape index (κ3) is 7.07. The maximum atomic E-state index is 13.1. The van der Waals surface area contributed by atoms with E-state index in [2.05, 4.69) is 59.8 Å². The Balaban J connectivity index is 1.28. The summed E-state index contributed by atoms with van der Waals surface area (Å²) in [5.41, 5.74) is 5.58. The van der Waals surface area contributed by atoms with Gasteiger partial charge >= 0.3 is 0 Å². The molecule has 0 radical (unpaired) electrons. The van der Waals surface area contributed by atoms with E-state index in [9.17, 15) is 4.57 Å². The maximum Gasteiger partial charge on any atom is 0.229 e. The predicted molar refractivity (Wildman–Crippen MR) is 188 cm³/mol. The topological polar surface area (TPSA) is 123 Å². The molecule has 0 bridgehead atoms. The molecule has 2 aliphatic heterocycles. The van der Waals surface area contributed by atoms with Crippen LogP contribution >= 0.6 is 7.14 Å². The van der Waals surface area contributed by atoms with Crippen LogP contribution in [-0.4, -0.2) is 90.6 Å². The molecule has 6 rings (SSSR count). The highest BCUT2D eigenvalue weighted by Gasteiger charge is 2.27. The maximum absolute atomic E-state index is 13.1. The van der Waals surface area contributed by atoms with Gasteiger partial charge in [0.15, 0.2) is 0 Å². The Hall–Kier alpha value is -3.92. The number of H-pyrrole nitrogens is 1. The number of aromatic amines is 1. The monoisotopic (exact) mass is 643 g/mol. The lowest BCUT2D eigenvalue weighted by molar-refractivity contribution is 0.150. The summed E-state index contributed by atoms with van der Waals surface area (Å²) in [5, 5.41) is 11.1. The highest BCUT2D eigenvalue weighted by molar-refractivity contribution is 7.70. The molecule has 0 atom stereocenters. The molecule has 244 valence electrons. The van der Waals surface area contributed by atoms with Crippen LogP contribution in [-0.2, 0) is 11.0 Å². The number of hydrogen-bond donors (Lipinski definition) is 4. The number of piperidine rings is 1. The van der Waals surface area contributed by atoms with Crippen molar-refractivity contribution >= 4 is 41.3 Å². The van der Waals surface area contributed by atoms with E-state index in [0.717, 1.165) is 85.2 Å². The normalized spacial score (nSPS) is 16.4. The van der Waals surface area contributed by atoms with Gasteiger partial charge in [-0.2, -0.15) is 4.98 Å². The molecule has 12 heteroatoms. The summed E-state index contributed by atoms with van der Waals surface area (Å²) in [6, 6.07) is 12.6. The van der Waals surface area contributed by atoms with Crippen LogP contribution in [0.1, 0.15) is 31.2 Å². The molecule has 0 amide bonds. The van der Waals surface area contributed by atoms with Crippen LogP contribution in [0.3, 0.4) is 0 Å². The minimum atomic E-state index is -2.56. The van der Waals surface area contributed by atoms with Crippen molar-refractivity contribution in [2.24, 2.45) is 0 Å². The lowest BCUT2D eigenvalue weighted by atomic mass is 9.99. The number of nitrogens with one attached hydrogen (secondary N) is 4. The number of para-hydroxylation sites is 1. The largest absolute Gasteiger partial charge is 0.494 e. The van der Waals surface area contributed by atoms with E-state index in [1.165, 1.54) is 24.1 Å². The van der Waals surface area contributed by atoms with E-state index in [0.29, 0.717) is 17.8 Å². The van der Waals surface area contributed by atoms with E-state index in [-0.39, 0.29) is 0 Å². The number of hydrogen-bond acceptors (Lipinski definition) is 10. The molecule has 4 N–H and O–H groups in total. The van der Waals surface area contributed by atoms with E-state index < -0.39 is 7.14 Å². The van der Waals surface area contributed by atoms with Gasteiger partial charge in [-0.15, -0.1) is 0 Å². The molecule has 11 nitrogen and oxygen atoms in total. The summed E-state index contributed by atoms with van der Waals surface area (Å²) in [7, 11) is -0.854. The van der Waals surface area contributed by atoms with E-state index >= 15 is 0 Å². The molecular formula is C34H46N9O2P. The lowest BCUT2D eigenvalue weighted by Crippen LogP contribution is -2.52. The number of aromatic nitrogens is 4. The number of piperazine rings is 1. The molecule has 0 unspecified atom stereocenters. The van der Waals surface area contributed by atoms with Gasteiger partial charge in [0, 0.05) is 68.6 Å². The minimum absolute atomic E-state index is 0.418. The molecule has 0 spiro atoms. The van der Waals surface area contributed by atoms with Gasteiger partial charge in [-0.25, -0.2) is 9.97 Å². The number of rotatable bonds is 10. The fourth-order valence-electron chi connectivity index (χ4n) is 6.57. The third-order valence-corrected chi connectivity index (χ3v) is 10.6. The van der Waals surface area contributed by atoms with Crippen LogP contribution in [0.2, 0.25) is 0 Å². The second-order valence-corrected chi connectivity index (χ2v) is 15.7. The van der Waals surface area contributed by atoms with Gasteiger partial charge in [-0.3, -0.25) is 4.90 Å². The number of benzene rings is 2. The average Bonchev–Trinajstić information content (AvgIpc) is 3.50. The van der Waals surface area contributed by atoms with Gasteiger partial charge in [0.1, 0.15) is 24.5 Å². The third-order valence-electron chi connectivity index (χ3n) is 9.02. The molecule has 2 aliphatic rings. The Morgan fingerprint density at radius 1 is 1.00 bits per heavy atom. The number of anilines is 5. The van der Waals surface area contributed by atoms with Gasteiger partial charge in [0.25, 0.3) is 0 Å². The van der Waals surface area contributed by atoms with Crippen LogP contribution < -0.4 is 30.9 Å². The number of methoxy groups -OCH3 is 1. The number of imidazole rings is 1. The van der Waals surface area contributed by atoms with Crippen molar-refractivity contribution in [3.63, 3.8) is 0 Å². The van der Waals surface area contributed by atoms with Crippen LogP contribution in [0, 0.1) is 6.92 Å². The zero-order chi connectivity index (χ0) is 32.3. The average molecular weight is 644 g/mol. The number of aryl methyl sites for hydroxylation is 2. The van der Waals surface area contributed by atoms with E-state index in [4.69, 9.17) is 9.72 Å². The van der Waals surface area contributed by atoms with E-state index in [1.54, 1.807) is 32.8 Å². The summed E-state index contributed by atoms with van der Waals surface area (Å²) in [6.45, 7) is 14.2. The zero-order valence-corrected chi connectivity index (χ0v) is 28.5. The summed E-state index contributed by atoms with van der Waals surface area (Å²) in [4.78, 5) is 22.5. The fourth-order valence-corrected chi connectivity index (χ4v) is 7.72. The Labute approximate surface area is 272 Å². The molecular weight excluding hydrogens is 597 g/mol. The van der Waals surface area contributed by atoms with Crippen LogP contribution in [0.4, 0.5) is 28.8 Å². The Morgan fingerprint density at radius 2 is 1.76 bits per heavy atom. The molecule has 0 saturated carbocycles. The van der Waals surface area contributed by atoms with Crippen molar-refractivity contribution < 1.29 is 9.30 Å². The van der Waals surface area contributed by atoms with Gasteiger partial charge in [-0.1, -0.05) is 19.1 Å². The van der Waals surface area contributed by atoms with Gasteiger partial charge < -0.3 is 35.1 Å². The Kier molecular flexibility index (Phi) is 9.63. The standard InChI is InChI=1S/C34H46N9O2P/c1-6-24-19-28(31(45-3)20-30(24)43-15-11-25(12-16-43)42-17-13-35-14-18-42)40-34-37-21-26(29-22-36-23(2)38-29)33(41-34)39-27-9-7-8-10-32(27)46(4,5)44/h7-10,19-22,25,35H,6,11-18H2,1-5H3,(H,36,38)(H2,37,39,40,41). The molecule has 2 fully saturated rings. The summed E-state index contributed by atoms with van der Waals surface area (Å²) >= 11 is 0. The molecule has 2 saturated heterocycles. The summed E-state index contributed by atoms with van der Waals surface area (Å²) in [6.07, 6.45) is 6.78. The molecule has 4 aromatic rings. The van der Waals surface area contributed by atoms with Gasteiger partial charge in [0.05, 0.1) is 35.9 Å². The Morgan fingerprint density at radius 3 is 2.43 bits per heavy atom. The van der Waals surface area contributed by atoms with E-state index in [1.807, 2.05) is 31.2 Å². The van der Waals surface area contributed by atoms with Crippen molar-refractivity contribution in [3.8, 4) is 17.0 Å². The van der Waals surface area contributed by atoms with Crippen molar-refractivity contribution in [2.45, 2.75) is 39.2 Å². The molecule has 2 aromatic heterocycles. The lowest BCUT2D eigenvalue weighted by Gasteiger charge is -2.41. The SMILES string of the molecule is CCc1cc(Nc2ncc(-c3cnc(C)[nH]3)c(Nc3ccccc3P(C)(C)=O)n2)c(OC)cc1N1CCC(N2CCNCC2)CC1. The minimum Gasteiger partial charge on any atom is -0.494 e. The zero-order valence-electron chi connectivity index (χ0n) is 27.6. The van der Waals surface area contributed by atoms with Crippen molar-refractivity contribution in [2.75, 3.05) is 75.2 Å². The number of nitrogens with zero attached hydrogens (tertiary/aromatic N) is 5. The first kappa shape index (κ1) is 32.0. The molecule has 0 aliphatic carbocycles. The molecule has 46 heavy (non-hydrogen) atoms. The number of ether oxygens (including phenoxy) is 1. The predicted octanol–water partition coefficient (Wildman–Crippen LogP) is 5.36. The quantitative estimate of drug-likeness (QED) is 0.168. The van der Waals surface area contributed by atoms with Crippen molar-refractivity contribution in [3.05, 3.63) is 60.2 Å². The smallest absolute Gasteiger partial charge is 0.229 e. The highest BCUT2D eigenvalue weighted by atomic mass is 31.2. The van der Waals surface area contributed by atoms with Crippen molar-refractivity contribution in [1.29, 1.82) is 0 Å². The highest BCUT2D eigenvalue weighted by Crippen LogP contribution is 2.40. The first-order valence-electron chi connectivity index (χ1n) is 16.2. The van der Waals surface area contributed by atoms with Crippen LogP contribution in [0.25, 0.3) is 11.3 Å². The van der Waals surface area contributed by atoms with Crippen LogP contribution in [0.15, 0.2) is 48.8 Å². The molecule has 2 aromatic carbocycles. The summed E-state index contributed by atoms with van der Waals surface area (Å²) < 4.78 is 19.1. The van der Waals surface area contributed by atoms with Crippen molar-refractivity contribution in [1.82, 2.24) is 30.2 Å². The second-order valence-electron chi connectivity index (χ2n) is 12.5. The van der Waals surface area contributed by atoms with Gasteiger partial charge in [0.2, 0.25) is 5.95 Å². The van der Waals surface area contributed by atoms with Gasteiger partial charge in [-0.05, 0) is 63.3 Å². The Bertz CT molecular complexity index is 1700. The first-order valence-corrected chi connectivity index (χ1v) is 18.8. The first-order chi connectivity index (χ1) is 22.2. The second kappa shape index (κ2) is 13.8.